The Labute approximate surface area is 148 Å². The summed E-state index contributed by atoms with van der Waals surface area (Å²) in [7, 11) is 0. The highest BCUT2D eigenvalue weighted by molar-refractivity contribution is 6.30. The van der Waals surface area contributed by atoms with Crippen LogP contribution in [-0.4, -0.2) is 6.61 Å². The van der Waals surface area contributed by atoms with Gasteiger partial charge in [-0.2, -0.15) is 0 Å². The Balaban J connectivity index is 1.54. The molecule has 0 unspecified atom stereocenters. The van der Waals surface area contributed by atoms with Crippen molar-refractivity contribution < 1.29 is 4.74 Å². The lowest BCUT2D eigenvalue weighted by atomic mass is 9.86. The number of nitrogens with two attached hydrogens (primary N) is 1. The van der Waals surface area contributed by atoms with Crippen molar-refractivity contribution in [1.29, 1.82) is 0 Å². The second-order valence-electron chi connectivity index (χ2n) is 6.71. The molecule has 3 N–H and O–H groups in total. The normalized spacial score (nSPS) is 18.8. The number of rotatable bonds is 4. The number of ether oxygens (including phenoxy) is 1. The lowest BCUT2D eigenvalue weighted by Crippen LogP contribution is -2.25. The molecule has 0 saturated carbocycles. The van der Waals surface area contributed by atoms with Gasteiger partial charge >= 0.3 is 0 Å². The highest BCUT2D eigenvalue weighted by atomic mass is 35.5. The van der Waals surface area contributed by atoms with Crippen molar-refractivity contribution in [2.75, 3.05) is 6.61 Å². The molecular formula is C20H23ClN2O. The van der Waals surface area contributed by atoms with E-state index in [2.05, 4.69) is 23.5 Å². The Kier molecular flexibility index (Phi) is 4.49. The van der Waals surface area contributed by atoms with Crippen LogP contribution in [-0.2, 0) is 25.9 Å². The first-order chi connectivity index (χ1) is 11.7. The second-order valence-corrected chi connectivity index (χ2v) is 7.15. The van der Waals surface area contributed by atoms with E-state index in [1.165, 1.54) is 40.7 Å². The minimum absolute atomic E-state index is 0.386. The third-order valence-electron chi connectivity index (χ3n) is 5.12. The zero-order chi connectivity index (χ0) is 16.5. The molecule has 1 aliphatic carbocycles. The Bertz CT molecular complexity index is 760. The Morgan fingerprint density at radius 2 is 2.08 bits per heavy atom. The van der Waals surface area contributed by atoms with Gasteiger partial charge in [-0.1, -0.05) is 29.8 Å². The summed E-state index contributed by atoms with van der Waals surface area (Å²) in [5, 5.41) is 4.52. The lowest BCUT2D eigenvalue weighted by Gasteiger charge is -2.27. The Morgan fingerprint density at radius 1 is 1.17 bits per heavy atom. The van der Waals surface area contributed by atoms with Crippen LogP contribution in [0.25, 0.3) is 0 Å². The fraction of sp³-hybridized carbons (Fsp3) is 0.400. The number of aryl methyl sites for hydroxylation is 1. The molecular weight excluding hydrogens is 320 g/mol. The van der Waals surface area contributed by atoms with E-state index in [0.29, 0.717) is 12.6 Å². The number of benzene rings is 2. The molecule has 1 heterocycles. The molecule has 3 nitrogen and oxygen atoms in total. The minimum Gasteiger partial charge on any atom is -0.493 e. The maximum absolute atomic E-state index is 6.27. The molecule has 4 rings (SSSR count). The van der Waals surface area contributed by atoms with Gasteiger partial charge in [-0.3, -0.25) is 0 Å². The van der Waals surface area contributed by atoms with Crippen molar-refractivity contribution in [2.45, 2.75) is 44.8 Å². The van der Waals surface area contributed by atoms with E-state index >= 15 is 0 Å². The molecule has 0 fully saturated rings. The molecule has 0 saturated heterocycles. The quantitative estimate of drug-likeness (QED) is 0.885. The average Bonchev–Trinajstić information content (AvgIpc) is 3.07. The van der Waals surface area contributed by atoms with Crippen molar-refractivity contribution in [1.82, 2.24) is 5.32 Å². The maximum atomic E-state index is 6.27. The molecule has 0 bridgehead atoms. The summed E-state index contributed by atoms with van der Waals surface area (Å²) >= 11 is 6.27. The van der Waals surface area contributed by atoms with Gasteiger partial charge in [0.1, 0.15) is 5.75 Å². The number of nitrogens with one attached hydrogen (secondary N) is 1. The largest absolute Gasteiger partial charge is 0.493 e. The van der Waals surface area contributed by atoms with Gasteiger partial charge in [-0.15, -0.1) is 0 Å². The molecule has 2 aromatic rings. The molecule has 0 radical (unpaired) electrons. The number of halogens is 1. The van der Waals surface area contributed by atoms with E-state index in [9.17, 15) is 0 Å². The van der Waals surface area contributed by atoms with Crippen molar-refractivity contribution in [3.05, 3.63) is 63.2 Å². The monoisotopic (exact) mass is 342 g/mol. The smallest absolute Gasteiger partial charge is 0.127 e. The summed E-state index contributed by atoms with van der Waals surface area (Å²) < 4.78 is 5.81. The molecule has 0 aromatic heterocycles. The number of hydrogen-bond donors (Lipinski definition) is 2. The zero-order valence-corrected chi connectivity index (χ0v) is 14.5. The van der Waals surface area contributed by atoms with Gasteiger partial charge < -0.3 is 15.8 Å². The first kappa shape index (κ1) is 15.9. The number of hydrogen-bond acceptors (Lipinski definition) is 3. The van der Waals surface area contributed by atoms with Crippen LogP contribution in [0.2, 0.25) is 5.02 Å². The first-order valence-corrected chi connectivity index (χ1v) is 9.11. The predicted octanol–water partition coefficient (Wildman–Crippen LogP) is 3.90. The van der Waals surface area contributed by atoms with Crippen LogP contribution >= 0.6 is 11.6 Å². The first-order valence-electron chi connectivity index (χ1n) is 8.74. The molecule has 1 aliphatic heterocycles. The molecule has 2 aliphatic rings. The van der Waals surface area contributed by atoms with Gasteiger partial charge in [0, 0.05) is 36.1 Å². The van der Waals surface area contributed by atoms with Gasteiger partial charge in [0.05, 0.1) is 6.61 Å². The lowest BCUT2D eigenvalue weighted by molar-refractivity contribution is 0.350. The fourth-order valence-corrected chi connectivity index (χ4v) is 4.18. The summed E-state index contributed by atoms with van der Waals surface area (Å²) in [5.74, 6) is 1.03. The van der Waals surface area contributed by atoms with Crippen LogP contribution in [0.3, 0.4) is 0 Å². The summed E-state index contributed by atoms with van der Waals surface area (Å²) in [6, 6.07) is 11.1. The fourth-order valence-electron chi connectivity index (χ4n) is 3.92. The van der Waals surface area contributed by atoms with E-state index in [4.69, 9.17) is 22.1 Å². The number of fused-ring (bicyclic) bond motifs is 2. The summed E-state index contributed by atoms with van der Waals surface area (Å²) in [6.45, 7) is 2.15. The van der Waals surface area contributed by atoms with Crippen LogP contribution in [0.5, 0.6) is 5.75 Å². The van der Waals surface area contributed by atoms with Crippen molar-refractivity contribution in [3.63, 3.8) is 0 Å². The van der Waals surface area contributed by atoms with Crippen molar-refractivity contribution >= 4 is 11.6 Å². The third-order valence-corrected chi connectivity index (χ3v) is 5.34. The SMILES string of the molecule is NCc1ccc2c(c1)CCC[C@H]2NCc1cc(Cl)cc2c1OCC2. The van der Waals surface area contributed by atoms with E-state index in [1.807, 2.05) is 12.1 Å². The average molecular weight is 343 g/mol. The highest BCUT2D eigenvalue weighted by Crippen LogP contribution is 2.35. The standard InChI is InChI=1S/C20H23ClN2O/c21-17-9-15-6-7-24-20(15)16(10-17)12-23-19-3-1-2-14-8-13(11-22)4-5-18(14)19/h4-5,8-10,19,23H,1-3,6-7,11-12,22H2/t19-/m1/s1. The predicted molar refractivity (Wildman–Crippen MR) is 97.5 cm³/mol. The zero-order valence-electron chi connectivity index (χ0n) is 13.8. The van der Waals surface area contributed by atoms with Gasteiger partial charge in [-0.05, 0) is 53.6 Å². The topological polar surface area (TPSA) is 47.3 Å². The van der Waals surface area contributed by atoms with E-state index in [0.717, 1.165) is 36.8 Å². The van der Waals surface area contributed by atoms with Gasteiger partial charge in [0.15, 0.2) is 0 Å². The minimum atomic E-state index is 0.386. The summed E-state index contributed by atoms with van der Waals surface area (Å²) in [5.41, 5.74) is 12.2. The van der Waals surface area contributed by atoms with Crippen molar-refractivity contribution in [3.8, 4) is 5.75 Å². The van der Waals surface area contributed by atoms with Gasteiger partial charge in [-0.25, -0.2) is 0 Å². The Morgan fingerprint density at radius 3 is 2.96 bits per heavy atom. The van der Waals surface area contributed by atoms with E-state index in [-0.39, 0.29) is 0 Å². The van der Waals surface area contributed by atoms with Gasteiger partial charge in [0.2, 0.25) is 0 Å². The van der Waals surface area contributed by atoms with Crippen molar-refractivity contribution in [2.24, 2.45) is 5.73 Å². The molecule has 0 amide bonds. The highest BCUT2D eigenvalue weighted by Gasteiger charge is 2.22. The van der Waals surface area contributed by atoms with E-state index in [1.54, 1.807) is 0 Å². The van der Waals surface area contributed by atoms with Gasteiger partial charge in [0.25, 0.3) is 0 Å². The van der Waals surface area contributed by atoms with Crippen LogP contribution in [0, 0.1) is 0 Å². The molecule has 1 atom stereocenters. The summed E-state index contributed by atoms with van der Waals surface area (Å²) in [6.07, 6.45) is 4.48. The molecule has 2 aromatic carbocycles. The molecule has 0 spiro atoms. The summed E-state index contributed by atoms with van der Waals surface area (Å²) in [4.78, 5) is 0. The molecule has 126 valence electrons. The van der Waals surface area contributed by atoms with Crippen LogP contribution in [0.4, 0.5) is 0 Å². The maximum Gasteiger partial charge on any atom is 0.127 e. The Hall–Kier alpha value is -1.55. The molecule has 4 heteroatoms. The van der Waals surface area contributed by atoms with Crippen LogP contribution in [0.1, 0.15) is 46.7 Å². The van der Waals surface area contributed by atoms with Crippen LogP contribution in [0.15, 0.2) is 30.3 Å². The van der Waals surface area contributed by atoms with Crippen LogP contribution < -0.4 is 15.8 Å². The third kappa shape index (κ3) is 3.04. The molecule has 24 heavy (non-hydrogen) atoms. The van der Waals surface area contributed by atoms with E-state index < -0.39 is 0 Å². The second kappa shape index (κ2) is 6.75.